The summed E-state index contributed by atoms with van der Waals surface area (Å²) >= 11 is 17.4. The summed E-state index contributed by atoms with van der Waals surface area (Å²) in [5.74, 6) is -0.145. The van der Waals surface area contributed by atoms with Gasteiger partial charge in [0.25, 0.3) is 10.1 Å². The molecule has 3 aromatic rings. The van der Waals surface area contributed by atoms with E-state index in [9.17, 15) is 17.8 Å². The van der Waals surface area contributed by atoms with Gasteiger partial charge in [0, 0.05) is 29.0 Å². The molecule has 0 aliphatic carbocycles. The Morgan fingerprint density at radius 3 is 2.00 bits per heavy atom. The molecule has 0 unspecified atom stereocenters. The lowest BCUT2D eigenvalue weighted by atomic mass is 10.2. The largest absolute Gasteiger partial charge is 0.454 e. The topological polar surface area (TPSA) is 117 Å². The van der Waals surface area contributed by atoms with Gasteiger partial charge in [-0.25, -0.2) is 0 Å². The zero-order valence-corrected chi connectivity index (χ0v) is 20.1. The summed E-state index contributed by atoms with van der Waals surface area (Å²) in [6.07, 6.45) is 0. The van der Waals surface area contributed by atoms with Crippen LogP contribution in [0.3, 0.4) is 0 Å². The molecule has 0 heterocycles. The van der Waals surface area contributed by atoms with Crippen molar-refractivity contribution in [2.75, 3.05) is 16.0 Å². The number of benzene rings is 3. The summed E-state index contributed by atoms with van der Waals surface area (Å²) in [6, 6.07) is 15.4. The van der Waals surface area contributed by atoms with E-state index in [1.165, 1.54) is 31.2 Å². The van der Waals surface area contributed by atoms with Gasteiger partial charge in [0.05, 0.1) is 5.02 Å². The molecule has 4 N–H and O–H groups in total. The lowest BCUT2D eigenvalue weighted by molar-refractivity contribution is -0.114. The summed E-state index contributed by atoms with van der Waals surface area (Å²) in [5.41, 5.74) is 1.91. The van der Waals surface area contributed by atoms with Gasteiger partial charge in [-0.2, -0.15) is 8.42 Å². The number of ether oxygens (including phenoxy) is 1. The summed E-state index contributed by atoms with van der Waals surface area (Å²) in [5, 5.41) is 9.22. The first-order valence-corrected chi connectivity index (χ1v) is 11.8. The number of nitrogens with one attached hydrogen (secondary N) is 3. The van der Waals surface area contributed by atoms with Gasteiger partial charge in [0.2, 0.25) is 5.91 Å². The Morgan fingerprint density at radius 1 is 0.879 bits per heavy atom. The molecule has 3 rings (SSSR count). The highest BCUT2D eigenvalue weighted by atomic mass is 35.5. The zero-order chi connectivity index (χ0) is 24.2. The third-order valence-electron chi connectivity index (χ3n) is 4.06. The van der Waals surface area contributed by atoms with E-state index in [0.29, 0.717) is 22.2 Å². The molecule has 0 aliphatic rings. The number of amides is 1. The van der Waals surface area contributed by atoms with Crippen molar-refractivity contribution < 1.29 is 22.5 Å². The van der Waals surface area contributed by atoms with Gasteiger partial charge in [-0.15, -0.1) is 0 Å². The van der Waals surface area contributed by atoms with Gasteiger partial charge in [0.1, 0.15) is 16.4 Å². The van der Waals surface area contributed by atoms with Gasteiger partial charge < -0.3 is 20.7 Å². The van der Waals surface area contributed by atoms with Crippen molar-refractivity contribution in [3.63, 3.8) is 0 Å². The summed E-state index contributed by atoms with van der Waals surface area (Å²) in [7, 11) is -4.56. The van der Waals surface area contributed by atoms with Crippen LogP contribution in [0, 0.1) is 0 Å². The van der Waals surface area contributed by atoms with Crippen molar-refractivity contribution in [2.24, 2.45) is 0 Å². The van der Waals surface area contributed by atoms with Crippen LogP contribution in [0.25, 0.3) is 0 Å². The number of halogens is 2. The van der Waals surface area contributed by atoms with Crippen LogP contribution >= 0.6 is 35.4 Å². The predicted molar refractivity (Wildman–Crippen MR) is 133 cm³/mol. The number of thiocarbonyl (C=S) groups is 1. The van der Waals surface area contributed by atoms with Crippen LogP contribution in [0.15, 0.2) is 65.6 Å². The average Bonchev–Trinajstić information content (AvgIpc) is 2.71. The normalized spacial score (nSPS) is 10.9. The highest BCUT2D eigenvalue weighted by Crippen LogP contribution is 2.35. The van der Waals surface area contributed by atoms with E-state index >= 15 is 0 Å². The van der Waals surface area contributed by atoms with Gasteiger partial charge in [-0.05, 0) is 72.9 Å². The number of anilines is 3. The minimum Gasteiger partial charge on any atom is -0.454 e. The van der Waals surface area contributed by atoms with Crippen LogP contribution in [0.4, 0.5) is 17.1 Å². The molecule has 3 aromatic carbocycles. The van der Waals surface area contributed by atoms with Crippen LogP contribution in [-0.2, 0) is 14.9 Å². The van der Waals surface area contributed by atoms with E-state index < -0.39 is 15.0 Å². The van der Waals surface area contributed by atoms with Gasteiger partial charge >= 0.3 is 0 Å². The maximum atomic E-state index is 11.6. The molecule has 0 radical (unpaired) electrons. The molecule has 0 bridgehead atoms. The summed E-state index contributed by atoms with van der Waals surface area (Å²) < 4.78 is 38.2. The lowest BCUT2D eigenvalue weighted by Gasteiger charge is -2.14. The zero-order valence-electron chi connectivity index (χ0n) is 16.9. The van der Waals surface area contributed by atoms with Crippen LogP contribution in [0.5, 0.6) is 11.5 Å². The van der Waals surface area contributed by atoms with Crippen LogP contribution in [-0.4, -0.2) is 24.0 Å². The molecular formula is C21H17Cl2N3O5S2. The molecular weight excluding hydrogens is 509 g/mol. The van der Waals surface area contributed by atoms with Crippen molar-refractivity contribution in [3.05, 3.63) is 70.7 Å². The van der Waals surface area contributed by atoms with E-state index in [0.717, 1.165) is 6.07 Å². The Hall–Kier alpha value is -2.89. The van der Waals surface area contributed by atoms with Gasteiger partial charge in [0.15, 0.2) is 5.11 Å². The first kappa shape index (κ1) is 24.7. The highest BCUT2D eigenvalue weighted by molar-refractivity contribution is 7.86. The Kier molecular flexibility index (Phi) is 7.77. The molecule has 0 saturated heterocycles. The van der Waals surface area contributed by atoms with Crippen molar-refractivity contribution in [1.29, 1.82) is 0 Å². The molecule has 0 saturated carbocycles. The Bertz CT molecular complexity index is 1320. The monoisotopic (exact) mass is 525 g/mol. The summed E-state index contributed by atoms with van der Waals surface area (Å²) in [4.78, 5) is 10.6. The van der Waals surface area contributed by atoms with Crippen molar-refractivity contribution in [1.82, 2.24) is 0 Å². The second-order valence-corrected chi connectivity index (χ2v) is 9.29. The molecule has 0 atom stereocenters. The highest BCUT2D eigenvalue weighted by Gasteiger charge is 2.19. The third-order valence-corrected chi connectivity index (χ3v) is 5.67. The first-order valence-electron chi connectivity index (χ1n) is 9.21. The standard InChI is InChI=1S/C21H17Cl2N3O5S2/c1-12(27)24-14-3-5-15(6-4-14)25-21(32)26-16-7-9-18(17(23)11-16)31-19-8-2-13(22)10-20(19)33(28,29)30/h2-11H,1H3,(H,24,27)(H2,25,26,32)(H,28,29,30). The van der Waals surface area contributed by atoms with Crippen molar-refractivity contribution >= 4 is 73.6 Å². The fourth-order valence-corrected chi connectivity index (χ4v) is 4.01. The second kappa shape index (κ2) is 10.4. The minimum absolute atomic E-state index is 0.117. The van der Waals surface area contributed by atoms with E-state index in [4.69, 9.17) is 40.2 Å². The molecule has 1 amide bonds. The third kappa shape index (κ3) is 7.04. The fourth-order valence-electron chi connectivity index (χ4n) is 2.68. The molecule has 12 heteroatoms. The smallest absolute Gasteiger partial charge is 0.298 e. The van der Waals surface area contributed by atoms with E-state index in [1.807, 2.05) is 0 Å². The van der Waals surface area contributed by atoms with E-state index in [2.05, 4.69) is 16.0 Å². The Balaban J connectivity index is 1.69. The van der Waals surface area contributed by atoms with Crippen LogP contribution in [0.1, 0.15) is 6.92 Å². The number of carbonyl (C=O) groups is 1. The number of hydrogen-bond acceptors (Lipinski definition) is 5. The second-order valence-electron chi connectivity index (χ2n) is 6.65. The van der Waals surface area contributed by atoms with E-state index in [1.54, 1.807) is 30.3 Å². The molecule has 0 fully saturated rings. The first-order chi connectivity index (χ1) is 15.5. The molecule has 33 heavy (non-hydrogen) atoms. The maximum Gasteiger partial charge on any atom is 0.298 e. The van der Waals surface area contributed by atoms with Crippen molar-refractivity contribution in [2.45, 2.75) is 11.8 Å². The lowest BCUT2D eigenvalue weighted by Crippen LogP contribution is -2.19. The summed E-state index contributed by atoms with van der Waals surface area (Å²) in [6.45, 7) is 1.43. The molecule has 172 valence electrons. The molecule has 0 aromatic heterocycles. The number of hydrogen-bond donors (Lipinski definition) is 4. The Labute approximate surface area is 205 Å². The number of carbonyl (C=O) groups excluding carboxylic acids is 1. The fraction of sp³-hybridized carbons (Fsp3) is 0.0476. The molecule has 0 spiro atoms. The van der Waals surface area contributed by atoms with Gasteiger partial charge in [-0.3, -0.25) is 9.35 Å². The maximum absolute atomic E-state index is 11.6. The SMILES string of the molecule is CC(=O)Nc1ccc(NC(=S)Nc2ccc(Oc3ccc(Cl)cc3S(=O)(=O)O)c(Cl)c2)cc1. The average molecular weight is 526 g/mol. The van der Waals surface area contributed by atoms with E-state index in [-0.39, 0.29) is 27.5 Å². The van der Waals surface area contributed by atoms with Crippen LogP contribution < -0.4 is 20.7 Å². The minimum atomic E-state index is -4.56. The van der Waals surface area contributed by atoms with Gasteiger partial charge in [-0.1, -0.05) is 23.2 Å². The Morgan fingerprint density at radius 2 is 1.42 bits per heavy atom. The molecule has 0 aliphatic heterocycles. The van der Waals surface area contributed by atoms with Crippen molar-refractivity contribution in [3.8, 4) is 11.5 Å². The number of rotatable bonds is 6. The molecule has 8 nitrogen and oxygen atoms in total. The predicted octanol–water partition coefficient (Wildman–Crippen LogP) is 5.80. The van der Waals surface area contributed by atoms with Crippen LogP contribution in [0.2, 0.25) is 10.0 Å². The quantitative estimate of drug-likeness (QED) is 0.235.